The summed E-state index contributed by atoms with van der Waals surface area (Å²) in [7, 11) is 1.50. The van der Waals surface area contributed by atoms with E-state index in [9.17, 15) is 4.79 Å². The first-order valence-electron chi connectivity index (χ1n) is 6.60. The van der Waals surface area contributed by atoms with E-state index in [0.717, 1.165) is 19.4 Å². The molecule has 2 unspecified atom stereocenters. The molecule has 0 bridgehead atoms. The normalized spacial score (nSPS) is 22.4. The molecule has 4 nitrogen and oxygen atoms in total. The minimum Gasteiger partial charge on any atom is -0.496 e. The third-order valence-corrected chi connectivity index (χ3v) is 4.29. The molecule has 6 heteroatoms. The molecular formula is C14H18Cl2N2O2. The van der Waals surface area contributed by atoms with Crippen LogP contribution in [0.25, 0.3) is 0 Å². The Kier molecular flexibility index (Phi) is 5.13. The van der Waals surface area contributed by atoms with Crippen LogP contribution in [-0.4, -0.2) is 31.6 Å². The Hall–Kier alpha value is -0.970. The number of hydrogen-bond donors (Lipinski definition) is 2. The van der Waals surface area contributed by atoms with Gasteiger partial charge in [-0.05, 0) is 32.4 Å². The molecule has 2 N–H and O–H groups in total. The van der Waals surface area contributed by atoms with Gasteiger partial charge in [-0.3, -0.25) is 4.79 Å². The summed E-state index contributed by atoms with van der Waals surface area (Å²) in [6, 6.07) is 3.46. The van der Waals surface area contributed by atoms with Gasteiger partial charge in [-0.25, -0.2) is 0 Å². The van der Waals surface area contributed by atoms with Gasteiger partial charge in [0.2, 0.25) is 0 Å². The fraction of sp³-hybridized carbons (Fsp3) is 0.500. The number of halogens is 2. The molecule has 1 aliphatic heterocycles. The summed E-state index contributed by atoms with van der Waals surface area (Å²) in [4.78, 5) is 12.4. The number of ether oxygens (including phenoxy) is 1. The van der Waals surface area contributed by atoms with E-state index in [1.54, 1.807) is 12.1 Å². The maximum atomic E-state index is 12.4. The van der Waals surface area contributed by atoms with Crippen molar-refractivity contribution in [2.24, 2.45) is 0 Å². The molecule has 0 saturated carbocycles. The number of benzene rings is 1. The predicted molar refractivity (Wildman–Crippen MR) is 81.0 cm³/mol. The topological polar surface area (TPSA) is 50.4 Å². The highest BCUT2D eigenvalue weighted by atomic mass is 35.5. The lowest BCUT2D eigenvalue weighted by Gasteiger charge is -2.30. The van der Waals surface area contributed by atoms with Crippen LogP contribution in [0.2, 0.25) is 10.0 Å². The van der Waals surface area contributed by atoms with E-state index in [1.165, 1.54) is 7.11 Å². The van der Waals surface area contributed by atoms with E-state index in [0.29, 0.717) is 21.4 Å². The zero-order valence-corrected chi connectivity index (χ0v) is 13.0. The summed E-state index contributed by atoms with van der Waals surface area (Å²) in [5, 5.41) is 7.08. The fourth-order valence-corrected chi connectivity index (χ4v) is 2.68. The van der Waals surface area contributed by atoms with Gasteiger partial charge in [0.15, 0.2) is 0 Å². The van der Waals surface area contributed by atoms with E-state index in [4.69, 9.17) is 27.9 Å². The minimum atomic E-state index is -0.194. The highest BCUT2D eigenvalue weighted by Gasteiger charge is 2.24. The van der Waals surface area contributed by atoms with E-state index < -0.39 is 0 Å². The van der Waals surface area contributed by atoms with Crippen LogP contribution in [0.4, 0.5) is 0 Å². The number of carbonyl (C=O) groups is 1. The Morgan fingerprint density at radius 2 is 2.10 bits per heavy atom. The number of nitrogens with one attached hydrogen (secondary N) is 2. The predicted octanol–water partition coefficient (Wildman–Crippen LogP) is 2.87. The van der Waals surface area contributed by atoms with Crippen LogP contribution in [0.3, 0.4) is 0 Å². The Labute approximate surface area is 128 Å². The monoisotopic (exact) mass is 316 g/mol. The smallest absolute Gasteiger partial charge is 0.255 e. The summed E-state index contributed by atoms with van der Waals surface area (Å²) < 4.78 is 5.20. The SMILES string of the molecule is COc1cc(Cl)c(Cl)cc1C(=O)NC1CCCNC1C. The number of piperidine rings is 1. The van der Waals surface area contributed by atoms with E-state index >= 15 is 0 Å². The van der Waals surface area contributed by atoms with Crippen LogP contribution in [-0.2, 0) is 0 Å². The van der Waals surface area contributed by atoms with Crippen molar-refractivity contribution in [3.63, 3.8) is 0 Å². The molecule has 0 spiro atoms. The minimum absolute atomic E-state index is 0.107. The van der Waals surface area contributed by atoms with Crippen molar-refractivity contribution in [1.82, 2.24) is 10.6 Å². The van der Waals surface area contributed by atoms with Gasteiger partial charge in [0.1, 0.15) is 5.75 Å². The van der Waals surface area contributed by atoms with Gasteiger partial charge in [-0.2, -0.15) is 0 Å². The lowest BCUT2D eigenvalue weighted by Crippen LogP contribution is -2.51. The molecule has 0 aliphatic carbocycles. The third kappa shape index (κ3) is 3.37. The van der Waals surface area contributed by atoms with Crippen LogP contribution in [0, 0.1) is 0 Å². The molecule has 2 atom stereocenters. The molecular weight excluding hydrogens is 299 g/mol. The molecule has 2 rings (SSSR count). The molecule has 0 aromatic heterocycles. The Balaban J connectivity index is 2.18. The number of hydrogen-bond acceptors (Lipinski definition) is 3. The van der Waals surface area contributed by atoms with Crippen molar-refractivity contribution in [3.8, 4) is 5.75 Å². The van der Waals surface area contributed by atoms with Crippen LogP contribution in [0.5, 0.6) is 5.75 Å². The number of rotatable bonds is 3. The van der Waals surface area contributed by atoms with E-state index in [2.05, 4.69) is 17.6 Å². The molecule has 110 valence electrons. The fourth-order valence-electron chi connectivity index (χ4n) is 2.36. The molecule has 1 saturated heterocycles. The zero-order valence-electron chi connectivity index (χ0n) is 11.5. The molecule has 1 aromatic rings. The Morgan fingerprint density at radius 3 is 2.75 bits per heavy atom. The maximum absolute atomic E-state index is 12.4. The van der Waals surface area contributed by atoms with E-state index in [1.807, 2.05) is 0 Å². The van der Waals surface area contributed by atoms with Gasteiger partial charge in [-0.15, -0.1) is 0 Å². The van der Waals surface area contributed by atoms with Crippen LogP contribution < -0.4 is 15.4 Å². The van der Waals surface area contributed by atoms with Crippen molar-refractivity contribution in [2.45, 2.75) is 31.8 Å². The summed E-state index contributed by atoms with van der Waals surface area (Å²) in [5.41, 5.74) is 0.402. The van der Waals surface area contributed by atoms with Gasteiger partial charge in [0.25, 0.3) is 5.91 Å². The van der Waals surface area contributed by atoms with Gasteiger partial charge < -0.3 is 15.4 Å². The summed E-state index contributed by atoms with van der Waals surface area (Å²) in [5.74, 6) is 0.231. The molecule has 1 amide bonds. The molecule has 20 heavy (non-hydrogen) atoms. The quantitative estimate of drug-likeness (QED) is 0.901. The average Bonchev–Trinajstić information content (AvgIpc) is 2.43. The summed E-state index contributed by atoms with van der Waals surface area (Å²) >= 11 is 11.9. The highest BCUT2D eigenvalue weighted by Crippen LogP contribution is 2.30. The highest BCUT2D eigenvalue weighted by molar-refractivity contribution is 6.42. The van der Waals surface area contributed by atoms with Gasteiger partial charge >= 0.3 is 0 Å². The standard InChI is InChI=1S/C14H18Cl2N2O2/c1-8-12(4-3-5-17-8)18-14(19)9-6-10(15)11(16)7-13(9)20-2/h6-8,12,17H,3-5H2,1-2H3,(H,18,19). The van der Waals surface area contributed by atoms with Crippen molar-refractivity contribution in [1.29, 1.82) is 0 Å². The Morgan fingerprint density at radius 1 is 1.40 bits per heavy atom. The second-order valence-electron chi connectivity index (χ2n) is 4.93. The first-order valence-corrected chi connectivity index (χ1v) is 7.35. The second-order valence-corrected chi connectivity index (χ2v) is 5.75. The molecule has 0 radical (unpaired) electrons. The van der Waals surface area contributed by atoms with Gasteiger partial charge in [0, 0.05) is 18.2 Å². The van der Waals surface area contributed by atoms with Crippen molar-refractivity contribution < 1.29 is 9.53 Å². The lowest BCUT2D eigenvalue weighted by molar-refractivity contribution is 0.0917. The first kappa shape index (κ1) is 15.4. The summed E-state index contributed by atoms with van der Waals surface area (Å²) in [6.07, 6.45) is 2.01. The zero-order chi connectivity index (χ0) is 14.7. The van der Waals surface area contributed by atoms with Crippen molar-refractivity contribution in [2.75, 3.05) is 13.7 Å². The number of carbonyl (C=O) groups excluding carboxylic acids is 1. The van der Waals surface area contributed by atoms with Crippen LogP contribution >= 0.6 is 23.2 Å². The third-order valence-electron chi connectivity index (χ3n) is 3.57. The molecule has 1 aromatic carbocycles. The Bertz CT molecular complexity index is 508. The number of methoxy groups -OCH3 is 1. The van der Waals surface area contributed by atoms with Gasteiger partial charge in [-0.1, -0.05) is 23.2 Å². The van der Waals surface area contributed by atoms with Crippen molar-refractivity contribution in [3.05, 3.63) is 27.7 Å². The largest absolute Gasteiger partial charge is 0.496 e. The van der Waals surface area contributed by atoms with E-state index in [-0.39, 0.29) is 18.0 Å². The number of amides is 1. The average molecular weight is 317 g/mol. The second kappa shape index (κ2) is 6.66. The molecule has 1 heterocycles. The van der Waals surface area contributed by atoms with Gasteiger partial charge in [0.05, 0.1) is 22.7 Å². The van der Waals surface area contributed by atoms with Crippen LogP contribution in [0.15, 0.2) is 12.1 Å². The molecule has 1 fully saturated rings. The maximum Gasteiger partial charge on any atom is 0.255 e. The van der Waals surface area contributed by atoms with Crippen LogP contribution in [0.1, 0.15) is 30.1 Å². The lowest BCUT2D eigenvalue weighted by atomic mass is 9.99. The van der Waals surface area contributed by atoms with Crippen molar-refractivity contribution >= 4 is 29.1 Å². The molecule has 1 aliphatic rings. The first-order chi connectivity index (χ1) is 9.52. The summed E-state index contributed by atoms with van der Waals surface area (Å²) in [6.45, 7) is 3.06.